The predicted molar refractivity (Wildman–Crippen MR) is 106 cm³/mol. The molecular formula is C23H23NO3. The van der Waals surface area contributed by atoms with Gasteiger partial charge in [-0.2, -0.15) is 0 Å². The first-order chi connectivity index (χ1) is 13.1. The molecule has 1 fully saturated rings. The van der Waals surface area contributed by atoms with Gasteiger partial charge >= 0.3 is 0 Å². The van der Waals surface area contributed by atoms with Crippen molar-refractivity contribution in [3.8, 4) is 0 Å². The van der Waals surface area contributed by atoms with E-state index >= 15 is 0 Å². The second kappa shape index (κ2) is 7.57. The molecule has 3 aromatic rings. The van der Waals surface area contributed by atoms with E-state index in [1.165, 1.54) is 5.56 Å². The highest BCUT2D eigenvalue weighted by molar-refractivity contribution is 6.04. The summed E-state index contributed by atoms with van der Waals surface area (Å²) < 4.78 is 11.4. The van der Waals surface area contributed by atoms with E-state index in [0.29, 0.717) is 23.2 Å². The Morgan fingerprint density at radius 2 is 1.93 bits per heavy atom. The Bertz CT molecular complexity index is 895. The Hall–Kier alpha value is -2.59. The minimum atomic E-state index is -0.246. The van der Waals surface area contributed by atoms with E-state index in [4.69, 9.17) is 9.15 Å². The third-order valence-corrected chi connectivity index (χ3v) is 5.11. The number of nitrogens with one attached hydrogen (secondary N) is 1. The molecule has 1 saturated heterocycles. The molecule has 2 heterocycles. The maximum atomic E-state index is 12.4. The summed E-state index contributed by atoms with van der Waals surface area (Å²) in [5.74, 6) is 0.731. The molecule has 4 rings (SSSR count). The van der Waals surface area contributed by atoms with Crippen molar-refractivity contribution in [1.82, 2.24) is 0 Å². The van der Waals surface area contributed by atoms with Crippen LogP contribution in [0.3, 0.4) is 0 Å². The fourth-order valence-electron chi connectivity index (χ4n) is 3.38. The number of anilines is 1. The molecule has 0 bridgehead atoms. The van der Waals surface area contributed by atoms with Crippen LogP contribution in [0.25, 0.3) is 11.0 Å². The van der Waals surface area contributed by atoms with Crippen molar-refractivity contribution < 1.29 is 13.9 Å². The highest BCUT2D eigenvalue weighted by Gasteiger charge is 2.26. The van der Waals surface area contributed by atoms with Crippen LogP contribution in [0.15, 0.2) is 59.0 Å². The molecule has 2 aromatic carbocycles. The molecule has 3 unspecified atom stereocenters. The van der Waals surface area contributed by atoms with Crippen LogP contribution >= 0.6 is 0 Å². The van der Waals surface area contributed by atoms with Gasteiger partial charge in [0.2, 0.25) is 0 Å². The Morgan fingerprint density at radius 1 is 1.15 bits per heavy atom. The molecule has 4 heteroatoms. The maximum absolute atomic E-state index is 12.4. The number of hydrogen-bond acceptors (Lipinski definition) is 3. The number of rotatable bonds is 4. The number of carbonyl (C=O) groups is 1. The van der Waals surface area contributed by atoms with Gasteiger partial charge in [-0.25, -0.2) is 0 Å². The predicted octanol–water partition coefficient (Wildman–Crippen LogP) is 4.98. The Labute approximate surface area is 159 Å². The quantitative estimate of drug-likeness (QED) is 0.713. The summed E-state index contributed by atoms with van der Waals surface area (Å²) in [6.07, 6.45) is 4.73. The van der Waals surface area contributed by atoms with Crippen LogP contribution in [0.4, 0.5) is 5.69 Å². The summed E-state index contributed by atoms with van der Waals surface area (Å²) >= 11 is 0. The van der Waals surface area contributed by atoms with Gasteiger partial charge in [0, 0.05) is 11.1 Å². The first-order valence-corrected chi connectivity index (χ1v) is 9.35. The Kier molecular flexibility index (Phi) is 4.99. The summed E-state index contributed by atoms with van der Waals surface area (Å²) in [4.78, 5) is 12.4. The number of hydrogen-bond donors (Lipinski definition) is 1. The minimum Gasteiger partial charge on any atom is -0.451 e. The third kappa shape index (κ3) is 4.06. The first kappa shape index (κ1) is 17.8. The molecule has 1 aliphatic rings. The zero-order chi connectivity index (χ0) is 18.8. The van der Waals surface area contributed by atoms with Crippen molar-refractivity contribution in [2.75, 3.05) is 11.9 Å². The van der Waals surface area contributed by atoms with Gasteiger partial charge in [0.1, 0.15) is 5.58 Å². The molecule has 1 aromatic heterocycles. The molecule has 0 aliphatic carbocycles. The van der Waals surface area contributed by atoms with E-state index in [2.05, 4.69) is 25.6 Å². The number of ether oxygens (including phenoxy) is 1. The van der Waals surface area contributed by atoms with Crippen LogP contribution in [0.5, 0.6) is 0 Å². The number of amides is 1. The van der Waals surface area contributed by atoms with Gasteiger partial charge in [0.15, 0.2) is 5.76 Å². The minimum absolute atomic E-state index is 0.246. The van der Waals surface area contributed by atoms with E-state index in [1.807, 2.05) is 48.5 Å². The molecule has 1 aliphatic heterocycles. The van der Waals surface area contributed by atoms with Crippen LogP contribution < -0.4 is 5.32 Å². The molecule has 2 radical (unpaired) electrons. The molecule has 3 atom stereocenters. The summed E-state index contributed by atoms with van der Waals surface area (Å²) in [5, 5.41) is 3.81. The van der Waals surface area contributed by atoms with Gasteiger partial charge in [0.05, 0.1) is 12.7 Å². The Balaban J connectivity index is 1.38. The molecule has 27 heavy (non-hydrogen) atoms. The first-order valence-electron chi connectivity index (χ1n) is 9.35. The molecule has 138 valence electrons. The lowest BCUT2D eigenvalue weighted by Crippen LogP contribution is -2.32. The van der Waals surface area contributed by atoms with E-state index in [-0.39, 0.29) is 12.0 Å². The van der Waals surface area contributed by atoms with E-state index in [1.54, 1.807) is 6.07 Å². The number of fused-ring (bicyclic) bond motifs is 1. The number of carbonyl (C=O) groups excluding carboxylic acids is 1. The van der Waals surface area contributed by atoms with Gasteiger partial charge in [-0.3, -0.25) is 4.79 Å². The summed E-state index contributed by atoms with van der Waals surface area (Å²) in [6.45, 7) is 4.96. The number of benzene rings is 2. The molecule has 1 N–H and O–H groups in total. The summed E-state index contributed by atoms with van der Waals surface area (Å²) in [5.41, 5.74) is 2.67. The Morgan fingerprint density at radius 3 is 2.67 bits per heavy atom. The largest absolute Gasteiger partial charge is 0.451 e. The number of para-hydroxylation sites is 1. The second-order valence-electron chi connectivity index (χ2n) is 7.19. The number of furan rings is 1. The second-order valence-corrected chi connectivity index (χ2v) is 7.19. The van der Waals surface area contributed by atoms with E-state index in [0.717, 1.165) is 24.1 Å². The van der Waals surface area contributed by atoms with Gasteiger partial charge in [-0.05, 0) is 61.4 Å². The van der Waals surface area contributed by atoms with Crippen molar-refractivity contribution in [2.45, 2.75) is 26.4 Å². The van der Waals surface area contributed by atoms with Crippen LogP contribution in [0, 0.1) is 18.3 Å². The van der Waals surface area contributed by atoms with Crippen molar-refractivity contribution in [2.24, 2.45) is 11.8 Å². The standard InChI is InChI=1S/C23H23NO3/c1-15-11-18(14-26-16(15)2)12-17-7-9-20(10-8-17)24-23(25)22-13-19-5-3-4-6-21(19)27-22/h3-10,13,15-16,18H,12,14H2,1-2H3,(H,24,25). The average Bonchev–Trinajstić information content (AvgIpc) is 3.11. The van der Waals surface area contributed by atoms with E-state index < -0.39 is 0 Å². The zero-order valence-electron chi connectivity index (χ0n) is 15.6. The van der Waals surface area contributed by atoms with E-state index in [9.17, 15) is 4.79 Å². The van der Waals surface area contributed by atoms with Crippen molar-refractivity contribution in [3.63, 3.8) is 0 Å². The lowest BCUT2D eigenvalue weighted by molar-refractivity contribution is -0.0112. The third-order valence-electron chi connectivity index (χ3n) is 5.11. The molecule has 0 saturated carbocycles. The van der Waals surface area contributed by atoms with Crippen molar-refractivity contribution in [1.29, 1.82) is 0 Å². The lowest BCUT2D eigenvalue weighted by Gasteiger charge is -2.31. The highest BCUT2D eigenvalue weighted by atomic mass is 16.5. The van der Waals surface area contributed by atoms with Gasteiger partial charge in [-0.15, -0.1) is 0 Å². The smallest absolute Gasteiger partial charge is 0.291 e. The fourth-order valence-corrected chi connectivity index (χ4v) is 3.38. The zero-order valence-corrected chi connectivity index (χ0v) is 15.6. The van der Waals surface area contributed by atoms with Gasteiger partial charge in [-0.1, -0.05) is 37.3 Å². The summed E-state index contributed by atoms with van der Waals surface area (Å²) in [7, 11) is 0. The fraction of sp³-hybridized carbons (Fsp3) is 0.304. The molecular weight excluding hydrogens is 338 g/mol. The van der Waals surface area contributed by atoms with Crippen LogP contribution in [0.2, 0.25) is 0 Å². The molecule has 0 spiro atoms. The SMILES string of the molecule is CC1[C]C(Cc2ccc(NC(=O)c3cc4ccccc4o3)cc2)COC1C. The van der Waals surface area contributed by atoms with Crippen LogP contribution in [-0.4, -0.2) is 18.6 Å². The maximum Gasteiger partial charge on any atom is 0.291 e. The van der Waals surface area contributed by atoms with Gasteiger partial charge < -0.3 is 14.5 Å². The average molecular weight is 361 g/mol. The van der Waals surface area contributed by atoms with Crippen LogP contribution in [0.1, 0.15) is 30.0 Å². The van der Waals surface area contributed by atoms with Crippen LogP contribution in [-0.2, 0) is 11.2 Å². The monoisotopic (exact) mass is 361 g/mol. The normalized spacial score (nSPS) is 22.7. The topological polar surface area (TPSA) is 51.5 Å². The molecule has 4 nitrogen and oxygen atoms in total. The van der Waals surface area contributed by atoms with Crippen molar-refractivity contribution in [3.05, 3.63) is 72.3 Å². The van der Waals surface area contributed by atoms with Crippen molar-refractivity contribution >= 4 is 22.6 Å². The summed E-state index contributed by atoms with van der Waals surface area (Å²) in [6, 6.07) is 17.3. The highest BCUT2D eigenvalue weighted by Crippen LogP contribution is 2.26. The van der Waals surface area contributed by atoms with Gasteiger partial charge in [0.25, 0.3) is 5.91 Å². The lowest BCUT2D eigenvalue weighted by atomic mass is 9.86. The molecule has 1 amide bonds.